The van der Waals surface area contributed by atoms with Crippen molar-refractivity contribution in [2.75, 3.05) is 13.2 Å². The van der Waals surface area contributed by atoms with Crippen molar-refractivity contribution in [1.29, 1.82) is 0 Å². The highest BCUT2D eigenvalue weighted by molar-refractivity contribution is 5.69. The zero-order valence-corrected chi connectivity index (χ0v) is 10.5. The van der Waals surface area contributed by atoms with Gasteiger partial charge in [-0.05, 0) is 6.92 Å². The van der Waals surface area contributed by atoms with Crippen LogP contribution >= 0.6 is 0 Å². The third-order valence-electron chi connectivity index (χ3n) is 3.05. The van der Waals surface area contributed by atoms with Crippen LogP contribution in [0.15, 0.2) is 0 Å². The van der Waals surface area contributed by atoms with Crippen molar-refractivity contribution in [3.63, 3.8) is 0 Å². The van der Waals surface area contributed by atoms with E-state index < -0.39 is 43.0 Å². The maximum absolute atomic E-state index is 11.3. The second-order valence-corrected chi connectivity index (χ2v) is 4.42. The number of hydrogen-bond acceptors (Lipinski definition) is 8. The molecule has 0 aromatic carbocycles. The molecule has 6 atom stereocenters. The van der Waals surface area contributed by atoms with Crippen molar-refractivity contribution in [1.82, 2.24) is 0 Å². The molecular weight excluding hydrogens is 260 g/mol. The summed E-state index contributed by atoms with van der Waals surface area (Å²) < 4.78 is 20.4. The van der Waals surface area contributed by atoms with Gasteiger partial charge in [0, 0.05) is 0 Å². The molecule has 0 saturated carbocycles. The first-order chi connectivity index (χ1) is 9.02. The van der Waals surface area contributed by atoms with E-state index in [1.54, 1.807) is 6.92 Å². The molecule has 2 aliphatic rings. The molecule has 0 radical (unpaired) electrons. The predicted molar refractivity (Wildman–Crippen MR) is 58.8 cm³/mol. The molecule has 2 saturated heterocycles. The van der Waals surface area contributed by atoms with Crippen molar-refractivity contribution < 1.29 is 39.1 Å². The number of carbonyl (C=O) groups excluding carboxylic acids is 1. The predicted octanol–water partition coefficient (Wildman–Crippen LogP) is -1.88. The molecule has 0 aromatic rings. The summed E-state index contributed by atoms with van der Waals surface area (Å²) in [6, 6.07) is 0. The molecule has 0 bridgehead atoms. The van der Waals surface area contributed by atoms with E-state index in [1.807, 2.05) is 0 Å². The monoisotopic (exact) mass is 278 g/mol. The van der Waals surface area contributed by atoms with Gasteiger partial charge in [-0.2, -0.15) is 0 Å². The first kappa shape index (κ1) is 14.6. The van der Waals surface area contributed by atoms with Crippen LogP contribution in [0, 0.1) is 0 Å². The standard InChI is InChI=1S/C11H18O8/c1-2-16-6(12)3-7-17-4-5(18-7)10-8(13)9(14)11(15)19-10/h5,7-11,13-15H,2-4H2,1H3. The molecule has 8 nitrogen and oxygen atoms in total. The van der Waals surface area contributed by atoms with Crippen LogP contribution in [0.2, 0.25) is 0 Å². The summed E-state index contributed by atoms with van der Waals surface area (Å²) in [7, 11) is 0. The molecule has 2 fully saturated rings. The van der Waals surface area contributed by atoms with Gasteiger partial charge >= 0.3 is 5.97 Å². The van der Waals surface area contributed by atoms with Gasteiger partial charge in [0.15, 0.2) is 12.6 Å². The summed E-state index contributed by atoms with van der Waals surface area (Å²) in [5, 5.41) is 28.3. The smallest absolute Gasteiger partial charge is 0.310 e. The highest BCUT2D eigenvalue weighted by atomic mass is 16.7. The first-order valence-electron chi connectivity index (χ1n) is 6.15. The zero-order valence-electron chi connectivity index (χ0n) is 10.5. The fourth-order valence-electron chi connectivity index (χ4n) is 2.10. The van der Waals surface area contributed by atoms with Crippen molar-refractivity contribution in [2.24, 2.45) is 0 Å². The Morgan fingerprint density at radius 3 is 2.58 bits per heavy atom. The van der Waals surface area contributed by atoms with Crippen LogP contribution in [0.3, 0.4) is 0 Å². The summed E-state index contributed by atoms with van der Waals surface area (Å²) >= 11 is 0. The molecule has 2 rings (SSSR count). The van der Waals surface area contributed by atoms with Gasteiger partial charge in [-0.1, -0.05) is 0 Å². The second kappa shape index (κ2) is 6.12. The number of carbonyl (C=O) groups is 1. The summed E-state index contributed by atoms with van der Waals surface area (Å²) in [4.78, 5) is 11.3. The van der Waals surface area contributed by atoms with E-state index in [4.69, 9.17) is 18.9 Å². The lowest BCUT2D eigenvalue weighted by atomic mass is 10.1. The number of ether oxygens (including phenoxy) is 4. The SMILES string of the molecule is CCOC(=O)CC1OCC(C2OC(O)C(O)C2O)O1. The quantitative estimate of drug-likeness (QED) is 0.512. The van der Waals surface area contributed by atoms with Crippen LogP contribution in [0.1, 0.15) is 13.3 Å². The highest BCUT2D eigenvalue weighted by Gasteiger charge is 2.48. The summed E-state index contributed by atoms with van der Waals surface area (Å²) in [6.07, 6.45) is -6.46. The minimum Gasteiger partial charge on any atom is -0.466 e. The Bertz CT molecular complexity index is 322. The van der Waals surface area contributed by atoms with Gasteiger partial charge in [0.05, 0.1) is 19.6 Å². The van der Waals surface area contributed by atoms with Crippen LogP contribution in [0.25, 0.3) is 0 Å². The molecule has 2 heterocycles. The number of aliphatic hydroxyl groups excluding tert-OH is 3. The number of hydrogen-bond donors (Lipinski definition) is 3. The van der Waals surface area contributed by atoms with Gasteiger partial charge in [0.1, 0.15) is 24.4 Å². The molecule has 6 unspecified atom stereocenters. The van der Waals surface area contributed by atoms with Crippen LogP contribution < -0.4 is 0 Å². The summed E-state index contributed by atoms with van der Waals surface area (Å²) in [6.45, 7) is 2.08. The van der Waals surface area contributed by atoms with E-state index in [2.05, 4.69) is 0 Å². The Morgan fingerprint density at radius 1 is 1.26 bits per heavy atom. The fraction of sp³-hybridized carbons (Fsp3) is 0.909. The van der Waals surface area contributed by atoms with Gasteiger partial charge < -0.3 is 34.3 Å². The zero-order chi connectivity index (χ0) is 14.0. The van der Waals surface area contributed by atoms with Crippen LogP contribution in [0.4, 0.5) is 0 Å². The largest absolute Gasteiger partial charge is 0.466 e. The Labute approximate surface area is 109 Å². The molecule has 0 amide bonds. The van der Waals surface area contributed by atoms with Gasteiger partial charge in [-0.15, -0.1) is 0 Å². The van der Waals surface area contributed by atoms with E-state index in [9.17, 15) is 20.1 Å². The maximum atomic E-state index is 11.3. The van der Waals surface area contributed by atoms with Crippen molar-refractivity contribution in [2.45, 2.75) is 50.3 Å². The van der Waals surface area contributed by atoms with E-state index in [0.29, 0.717) is 0 Å². The average molecular weight is 278 g/mol. The molecule has 8 heteroatoms. The third-order valence-corrected chi connectivity index (χ3v) is 3.05. The highest BCUT2D eigenvalue weighted by Crippen LogP contribution is 2.28. The van der Waals surface area contributed by atoms with E-state index in [-0.39, 0.29) is 19.6 Å². The van der Waals surface area contributed by atoms with E-state index in [0.717, 1.165) is 0 Å². The molecule has 0 aliphatic carbocycles. The lowest BCUT2D eigenvalue weighted by molar-refractivity contribution is -0.164. The second-order valence-electron chi connectivity index (χ2n) is 4.42. The van der Waals surface area contributed by atoms with E-state index >= 15 is 0 Å². The topological polar surface area (TPSA) is 115 Å². The van der Waals surface area contributed by atoms with Crippen LogP contribution in [0.5, 0.6) is 0 Å². The number of rotatable bonds is 4. The van der Waals surface area contributed by atoms with Crippen molar-refractivity contribution >= 4 is 5.97 Å². The average Bonchev–Trinajstić information content (AvgIpc) is 2.90. The Kier molecular flexibility index (Phi) is 4.71. The Hall–Kier alpha value is -0.770. The lowest BCUT2D eigenvalue weighted by Gasteiger charge is -2.19. The van der Waals surface area contributed by atoms with Gasteiger partial charge in [0.25, 0.3) is 0 Å². The van der Waals surface area contributed by atoms with Crippen molar-refractivity contribution in [3.8, 4) is 0 Å². The third kappa shape index (κ3) is 3.22. The molecule has 0 aromatic heterocycles. The normalized spacial score (nSPS) is 42.5. The van der Waals surface area contributed by atoms with Crippen molar-refractivity contribution in [3.05, 3.63) is 0 Å². The fourth-order valence-corrected chi connectivity index (χ4v) is 2.10. The minimum absolute atomic E-state index is 0.0573. The summed E-state index contributed by atoms with van der Waals surface area (Å²) in [5.74, 6) is -0.443. The molecular formula is C11H18O8. The Balaban J connectivity index is 1.83. The lowest BCUT2D eigenvalue weighted by Crippen LogP contribution is -2.40. The first-order valence-corrected chi connectivity index (χ1v) is 6.15. The van der Waals surface area contributed by atoms with Gasteiger partial charge in [0.2, 0.25) is 0 Å². The van der Waals surface area contributed by atoms with Gasteiger partial charge in [-0.3, -0.25) is 4.79 Å². The maximum Gasteiger partial charge on any atom is 0.310 e. The number of esters is 1. The van der Waals surface area contributed by atoms with Crippen LogP contribution in [-0.2, 0) is 23.7 Å². The van der Waals surface area contributed by atoms with Gasteiger partial charge in [-0.25, -0.2) is 0 Å². The Morgan fingerprint density at radius 2 is 2.00 bits per heavy atom. The summed E-state index contributed by atoms with van der Waals surface area (Å²) in [5.41, 5.74) is 0. The molecule has 3 N–H and O–H groups in total. The molecule has 19 heavy (non-hydrogen) atoms. The van der Waals surface area contributed by atoms with Crippen LogP contribution in [-0.4, -0.2) is 71.5 Å². The molecule has 110 valence electrons. The van der Waals surface area contributed by atoms with E-state index in [1.165, 1.54) is 0 Å². The number of aliphatic hydroxyl groups is 3. The minimum atomic E-state index is -1.45. The molecule has 2 aliphatic heterocycles. The molecule has 0 spiro atoms.